The van der Waals surface area contributed by atoms with Gasteiger partial charge in [0.2, 0.25) is 0 Å². The lowest BCUT2D eigenvalue weighted by Crippen LogP contribution is -2.53. The molecule has 0 aliphatic heterocycles. The molecule has 0 aliphatic rings. The van der Waals surface area contributed by atoms with Gasteiger partial charge in [-0.25, -0.2) is 0 Å². The number of furan rings is 1. The third-order valence-corrected chi connectivity index (χ3v) is 3.56. The van der Waals surface area contributed by atoms with E-state index in [1.54, 1.807) is 0 Å². The Kier molecular flexibility index (Phi) is 3.39. The van der Waals surface area contributed by atoms with Crippen LogP contribution >= 0.6 is 0 Å². The number of aliphatic carboxylic acids is 1. The average molecular weight is 239 g/mol. The van der Waals surface area contributed by atoms with Gasteiger partial charge in [-0.3, -0.25) is 4.79 Å². The summed E-state index contributed by atoms with van der Waals surface area (Å²) in [6.45, 7) is 9.25. The number of carbonyl (C=O) groups is 1. The van der Waals surface area contributed by atoms with Crippen LogP contribution in [0.15, 0.2) is 10.5 Å². The summed E-state index contributed by atoms with van der Waals surface area (Å²) in [7, 11) is 0. The molecule has 3 N–H and O–H groups in total. The van der Waals surface area contributed by atoms with E-state index in [0.717, 1.165) is 17.1 Å². The number of carboxylic acid groups (broad SMARTS) is 1. The van der Waals surface area contributed by atoms with E-state index < -0.39 is 16.9 Å². The highest BCUT2D eigenvalue weighted by Crippen LogP contribution is 2.39. The molecule has 1 aromatic heterocycles. The minimum Gasteiger partial charge on any atom is -0.481 e. The number of carboxylic acids is 1. The predicted molar refractivity (Wildman–Crippen MR) is 66.1 cm³/mol. The molecule has 0 saturated heterocycles. The zero-order valence-electron chi connectivity index (χ0n) is 11.1. The molecule has 1 heterocycles. The van der Waals surface area contributed by atoms with Gasteiger partial charge in [-0.2, -0.15) is 0 Å². The molecule has 0 amide bonds. The Hall–Kier alpha value is -1.29. The lowest BCUT2D eigenvalue weighted by atomic mass is 9.66. The first-order valence-corrected chi connectivity index (χ1v) is 5.66. The van der Waals surface area contributed by atoms with E-state index in [0.29, 0.717) is 0 Å². The van der Waals surface area contributed by atoms with Gasteiger partial charge in [0.05, 0.1) is 6.42 Å². The maximum Gasteiger partial charge on any atom is 0.304 e. The highest BCUT2D eigenvalue weighted by molar-refractivity contribution is 5.69. The Morgan fingerprint density at radius 1 is 1.41 bits per heavy atom. The first kappa shape index (κ1) is 13.8. The molecule has 1 unspecified atom stereocenters. The summed E-state index contributed by atoms with van der Waals surface area (Å²) < 4.78 is 5.49. The van der Waals surface area contributed by atoms with Gasteiger partial charge in [0.15, 0.2) is 0 Å². The molecule has 0 bridgehead atoms. The zero-order valence-corrected chi connectivity index (χ0v) is 11.1. The second-order valence-corrected chi connectivity index (χ2v) is 5.45. The van der Waals surface area contributed by atoms with Gasteiger partial charge in [0.25, 0.3) is 0 Å². The first-order chi connectivity index (χ1) is 7.58. The van der Waals surface area contributed by atoms with E-state index in [-0.39, 0.29) is 6.42 Å². The Morgan fingerprint density at radius 3 is 2.24 bits per heavy atom. The van der Waals surface area contributed by atoms with Crippen LogP contribution in [-0.4, -0.2) is 16.6 Å². The molecule has 17 heavy (non-hydrogen) atoms. The van der Waals surface area contributed by atoms with Crippen molar-refractivity contribution in [1.29, 1.82) is 0 Å². The molecule has 0 fully saturated rings. The number of nitrogens with two attached hydrogens (primary N) is 1. The standard InChI is InChI=1S/C13H21NO3/c1-8-6-10(9(2)17-8)13(5,7-11(15)16)12(3,4)14/h6H,7,14H2,1-5H3,(H,15,16). The topological polar surface area (TPSA) is 76.5 Å². The van der Waals surface area contributed by atoms with Gasteiger partial charge in [-0.05, 0) is 33.8 Å². The summed E-state index contributed by atoms with van der Waals surface area (Å²) in [4.78, 5) is 11.1. The van der Waals surface area contributed by atoms with Crippen LogP contribution in [0.1, 0.15) is 44.3 Å². The van der Waals surface area contributed by atoms with Gasteiger partial charge in [0, 0.05) is 16.5 Å². The lowest BCUT2D eigenvalue weighted by molar-refractivity contribution is -0.139. The van der Waals surface area contributed by atoms with Crippen molar-refractivity contribution >= 4 is 5.97 Å². The molecule has 0 radical (unpaired) electrons. The molecular weight excluding hydrogens is 218 g/mol. The molecule has 96 valence electrons. The molecule has 4 nitrogen and oxygen atoms in total. The number of aryl methyl sites for hydroxylation is 2. The van der Waals surface area contributed by atoms with E-state index in [1.165, 1.54) is 0 Å². The van der Waals surface area contributed by atoms with Crippen LogP contribution in [0.2, 0.25) is 0 Å². The summed E-state index contributed by atoms with van der Waals surface area (Å²) >= 11 is 0. The van der Waals surface area contributed by atoms with Crippen molar-refractivity contribution in [2.75, 3.05) is 0 Å². The van der Waals surface area contributed by atoms with E-state index in [2.05, 4.69) is 0 Å². The van der Waals surface area contributed by atoms with E-state index in [9.17, 15) is 4.79 Å². The third-order valence-electron chi connectivity index (χ3n) is 3.56. The number of rotatable bonds is 4. The lowest BCUT2D eigenvalue weighted by Gasteiger charge is -2.40. The second-order valence-electron chi connectivity index (χ2n) is 5.45. The molecule has 1 aromatic rings. The van der Waals surface area contributed by atoms with E-state index >= 15 is 0 Å². The molecule has 0 aliphatic carbocycles. The summed E-state index contributed by atoms with van der Waals surface area (Å²) in [5.41, 5.74) is 5.75. The van der Waals surface area contributed by atoms with Crippen molar-refractivity contribution in [3.63, 3.8) is 0 Å². The van der Waals surface area contributed by atoms with Gasteiger partial charge >= 0.3 is 5.97 Å². The van der Waals surface area contributed by atoms with Gasteiger partial charge < -0.3 is 15.3 Å². The van der Waals surface area contributed by atoms with Gasteiger partial charge in [-0.15, -0.1) is 0 Å². The largest absolute Gasteiger partial charge is 0.481 e. The number of hydrogen-bond acceptors (Lipinski definition) is 3. The Balaban J connectivity index is 3.34. The molecule has 1 rings (SSSR count). The molecule has 4 heteroatoms. The van der Waals surface area contributed by atoms with Crippen LogP contribution in [0.25, 0.3) is 0 Å². The smallest absolute Gasteiger partial charge is 0.304 e. The van der Waals surface area contributed by atoms with Crippen molar-refractivity contribution in [3.8, 4) is 0 Å². The van der Waals surface area contributed by atoms with Gasteiger partial charge in [0.1, 0.15) is 11.5 Å². The van der Waals surface area contributed by atoms with E-state index in [1.807, 2.05) is 40.7 Å². The zero-order chi connectivity index (χ0) is 13.4. The fourth-order valence-corrected chi connectivity index (χ4v) is 2.15. The fraction of sp³-hybridized carbons (Fsp3) is 0.615. The molecular formula is C13H21NO3. The van der Waals surface area contributed by atoms with Crippen LogP contribution in [0.4, 0.5) is 0 Å². The highest BCUT2D eigenvalue weighted by atomic mass is 16.4. The summed E-state index contributed by atoms with van der Waals surface area (Å²) in [6.07, 6.45) is -0.0175. The minimum atomic E-state index is -0.857. The van der Waals surface area contributed by atoms with Crippen LogP contribution in [0.5, 0.6) is 0 Å². The van der Waals surface area contributed by atoms with Crippen LogP contribution in [-0.2, 0) is 10.2 Å². The maximum absolute atomic E-state index is 11.1. The Bertz CT molecular complexity index is 428. The van der Waals surface area contributed by atoms with Crippen molar-refractivity contribution < 1.29 is 14.3 Å². The Morgan fingerprint density at radius 2 is 1.94 bits per heavy atom. The van der Waals surface area contributed by atoms with Gasteiger partial charge in [-0.1, -0.05) is 6.92 Å². The maximum atomic E-state index is 11.1. The molecule has 1 atom stereocenters. The molecule has 0 spiro atoms. The van der Waals surface area contributed by atoms with Crippen molar-refractivity contribution in [2.45, 2.75) is 52.0 Å². The number of hydrogen-bond donors (Lipinski definition) is 2. The molecule has 0 aromatic carbocycles. The average Bonchev–Trinajstić information content (AvgIpc) is 2.42. The SMILES string of the molecule is Cc1cc(C(C)(CC(=O)O)C(C)(C)N)c(C)o1. The third kappa shape index (κ3) is 2.52. The fourth-order valence-electron chi connectivity index (χ4n) is 2.15. The van der Waals surface area contributed by atoms with Crippen LogP contribution in [0, 0.1) is 13.8 Å². The monoisotopic (exact) mass is 239 g/mol. The highest BCUT2D eigenvalue weighted by Gasteiger charge is 2.43. The Labute approximate surface area is 102 Å². The van der Waals surface area contributed by atoms with Crippen LogP contribution < -0.4 is 5.73 Å². The first-order valence-electron chi connectivity index (χ1n) is 5.66. The van der Waals surface area contributed by atoms with Crippen molar-refractivity contribution in [3.05, 3.63) is 23.2 Å². The van der Waals surface area contributed by atoms with E-state index in [4.69, 9.17) is 15.3 Å². The summed E-state index contributed by atoms with van der Waals surface area (Å²) in [5, 5.41) is 9.09. The predicted octanol–water partition coefficient (Wildman–Crippen LogP) is 2.37. The van der Waals surface area contributed by atoms with Crippen molar-refractivity contribution in [2.24, 2.45) is 5.73 Å². The second kappa shape index (κ2) is 4.18. The van der Waals surface area contributed by atoms with Crippen molar-refractivity contribution in [1.82, 2.24) is 0 Å². The summed E-state index contributed by atoms with van der Waals surface area (Å²) in [5.74, 6) is 0.660. The molecule has 0 saturated carbocycles. The quantitative estimate of drug-likeness (QED) is 0.845. The normalized spacial score (nSPS) is 15.6. The summed E-state index contributed by atoms with van der Waals surface area (Å²) in [6, 6.07) is 1.88. The van der Waals surface area contributed by atoms with Crippen LogP contribution in [0.3, 0.4) is 0 Å². The minimum absolute atomic E-state index is 0.0175.